The predicted molar refractivity (Wildman–Crippen MR) is 183 cm³/mol. The van der Waals surface area contributed by atoms with Crippen LogP contribution in [0.4, 0.5) is 17.6 Å². The molecule has 0 heterocycles. The standard InChI is InChI=1S/C41H47F4NO2/c1-27-12-8-13-28(2)39(27)31(23-47-24-32-35(42)16-10-17-36(32)43)22-46-41(20-6-5-7-21-41)34(40-29(3)14-9-15-30(40)4)26-48-25-33-37(44)18-11-19-38(33)45/h8-19,31,34,46H,5-7,20-26H2,1-4H3. The molecule has 7 heteroatoms. The summed E-state index contributed by atoms with van der Waals surface area (Å²) in [5.74, 6) is -2.67. The third-order valence-corrected chi connectivity index (χ3v) is 10.2. The van der Waals surface area contributed by atoms with Crippen LogP contribution in [0, 0.1) is 51.0 Å². The van der Waals surface area contributed by atoms with Gasteiger partial charge in [0, 0.05) is 35.0 Å². The quantitative estimate of drug-likeness (QED) is 0.137. The molecule has 1 N–H and O–H groups in total. The molecule has 1 fully saturated rings. The fourth-order valence-electron chi connectivity index (χ4n) is 7.69. The molecule has 5 rings (SSSR count). The van der Waals surface area contributed by atoms with Crippen LogP contribution < -0.4 is 5.32 Å². The van der Waals surface area contributed by atoms with Gasteiger partial charge in [-0.25, -0.2) is 17.6 Å². The van der Waals surface area contributed by atoms with E-state index in [1.54, 1.807) is 0 Å². The third-order valence-electron chi connectivity index (χ3n) is 10.2. The average Bonchev–Trinajstić information content (AvgIpc) is 3.05. The molecule has 2 atom stereocenters. The largest absolute Gasteiger partial charge is 0.376 e. The maximum absolute atomic E-state index is 14.6. The minimum atomic E-state index is -0.621. The van der Waals surface area contributed by atoms with Gasteiger partial charge >= 0.3 is 0 Å². The van der Waals surface area contributed by atoms with Crippen LogP contribution in [0.15, 0.2) is 72.8 Å². The minimum absolute atomic E-state index is 0.0676. The molecule has 48 heavy (non-hydrogen) atoms. The van der Waals surface area contributed by atoms with Crippen molar-refractivity contribution >= 4 is 0 Å². The molecule has 1 aliphatic carbocycles. The Labute approximate surface area is 282 Å². The smallest absolute Gasteiger partial charge is 0.131 e. The number of aryl methyl sites for hydroxylation is 4. The summed E-state index contributed by atoms with van der Waals surface area (Å²) in [5.41, 5.74) is 6.38. The summed E-state index contributed by atoms with van der Waals surface area (Å²) < 4.78 is 70.3. The number of benzene rings is 4. The van der Waals surface area contributed by atoms with Gasteiger partial charge in [0.25, 0.3) is 0 Å². The van der Waals surface area contributed by atoms with E-state index in [9.17, 15) is 17.6 Å². The molecule has 0 spiro atoms. The normalized spacial score (nSPS) is 15.8. The first-order valence-electron chi connectivity index (χ1n) is 17.0. The molecule has 0 radical (unpaired) electrons. The van der Waals surface area contributed by atoms with Crippen molar-refractivity contribution in [1.82, 2.24) is 5.32 Å². The fraction of sp³-hybridized carbons (Fsp3) is 0.415. The lowest BCUT2D eigenvalue weighted by molar-refractivity contribution is 0.0545. The van der Waals surface area contributed by atoms with Gasteiger partial charge in [-0.2, -0.15) is 0 Å². The Morgan fingerprint density at radius 2 is 1.00 bits per heavy atom. The molecule has 0 aliphatic heterocycles. The summed E-state index contributed by atoms with van der Waals surface area (Å²) in [5, 5.41) is 4.03. The van der Waals surface area contributed by atoms with E-state index in [1.807, 2.05) is 6.07 Å². The van der Waals surface area contributed by atoms with Crippen molar-refractivity contribution in [3.8, 4) is 0 Å². The first-order valence-corrected chi connectivity index (χ1v) is 17.0. The number of hydrogen-bond donors (Lipinski definition) is 1. The zero-order valence-corrected chi connectivity index (χ0v) is 28.5. The second kappa shape index (κ2) is 16.3. The van der Waals surface area contributed by atoms with Gasteiger partial charge in [0.2, 0.25) is 0 Å². The zero-order valence-electron chi connectivity index (χ0n) is 28.5. The average molecular weight is 662 g/mol. The van der Waals surface area contributed by atoms with Crippen LogP contribution in [-0.2, 0) is 22.7 Å². The van der Waals surface area contributed by atoms with Crippen molar-refractivity contribution in [1.29, 1.82) is 0 Å². The van der Waals surface area contributed by atoms with Crippen LogP contribution in [0.2, 0.25) is 0 Å². The molecular formula is C41H47F4NO2. The molecule has 4 aromatic rings. The highest BCUT2D eigenvalue weighted by molar-refractivity contribution is 5.40. The molecular weight excluding hydrogens is 614 g/mol. The Morgan fingerprint density at radius 1 is 0.583 bits per heavy atom. The topological polar surface area (TPSA) is 30.5 Å². The van der Waals surface area contributed by atoms with Crippen molar-refractivity contribution in [3.63, 3.8) is 0 Å². The van der Waals surface area contributed by atoms with Crippen molar-refractivity contribution in [2.45, 2.75) is 90.4 Å². The minimum Gasteiger partial charge on any atom is -0.376 e. The summed E-state index contributed by atoms with van der Waals surface area (Å²) in [7, 11) is 0. The molecule has 0 aromatic heterocycles. The lowest BCUT2D eigenvalue weighted by Gasteiger charge is -2.46. The second-order valence-corrected chi connectivity index (χ2v) is 13.4. The van der Waals surface area contributed by atoms with E-state index in [4.69, 9.17) is 9.47 Å². The summed E-state index contributed by atoms with van der Waals surface area (Å²) >= 11 is 0. The molecule has 3 nitrogen and oxygen atoms in total. The first-order chi connectivity index (χ1) is 23.1. The highest BCUT2D eigenvalue weighted by Crippen LogP contribution is 2.43. The third kappa shape index (κ3) is 8.19. The lowest BCUT2D eigenvalue weighted by atomic mass is 9.68. The Kier molecular flexibility index (Phi) is 12.1. The van der Waals surface area contributed by atoms with Gasteiger partial charge in [-0.1, -0.05) is 67.8 Å². The summed E-state index contributed by atoms with van der Waals surface area (Å²) in [6.45, 7) is 9.15. The van der Waals surface area contributed by atoms with Crippen LogP contribution in [0.5, 0.6) is 0 Å². The van der Waals surface area contributed by atoms with E-state index in [0.717, 1.165) is 59.9 Å². The number of ether oxygens (including phenoxy) is 2. The van der Waals surface area contributed by atoms with E-state index in [0.29, 0.717) is 6.54 Å². The van der Waals surface area contributed by atoms with Gasteiger partial charge in [-0.15, -0.1) is 0 Å². The van der Waals surface area contributed by atoms with E-state index < -0.39 is 23.3 Å². The van der Waals surface area contributed by atoms with Crippen LogP contribution in [-0.4, -0.2) is 25.3 Å². The second-order valence-electron chi connectivity index (χ2n) is 13.4. The summed E-state index contributed by atoms with van der Waals surface area (Å²) in [6.07, 6.45) is 5.01. The number of nitrogens with one attached hydrogen (secondary N) is 1. The number of halogens is 4. The Morgan fingerprint density at radius 3 is 1.48 bits per heavy atom. The molecule has 0 saturated heterocycles. The van der Waals surface area contributed by atoms with Crippen LogP contribution in [0.1, 0.15) is 88.4 Å². The van der Waals surface area contributed by atoms with Crippen LogP contribution in [0.3, 0.4) is 0 Å². The predicted octanol–water partition coefficient (Wildman–Crippen LogP) is 10.1. The number of hydrogen-bond acceptors (Lipinski definition) is 3. The van der Waals surface area contributed by atoms with Gasteiger partial charge in [0.15, 0.2) is 0 Å². The maximum Gasteiger partial charge on any atom is 0.131 e. The molecule has 256 valence electrons. The van der Waals surface area contributed by atoms with Crippen LogP contribution >= 0.6 is 0 Å². The first kappa shape index (κ1) is 35.8. The SMILES string of the molecule is Cc1cccc(C)c1C(CNC1(C(COCc2c(F)cccc2F)c2c(C)cccc2C)CCCCC1)COCc1c(F)cccc1F. The van der Waals surface area contributed by atoms with Crippen molar-refractivity contribution in [2.75, 3.05) is 19.8 Å². The van der Waals surface area contributed by atoms with E-state index in [2.05, 4.69) is 63.3 Å². The molecule has 2 unspecified atom stereocenters. The van der Waals surface area contributed by atoms with Crippen LogP contribution in [0.25, 0.3) is 0 Å². The zero-order chi connectivity index (χ0) is 34.3. The lowest BCUT2D eigenvalue weighted by Crippen LogP contribution is -2.54. The fourth-order valence-corrected chi connectivity index (χ4v) is 7.69. The van der Waals surface area contributed by atoms with Gasteiger partial charge in [-0.05, 0) is 98.2 Å². The van der Waals surface area contributed by atoms with E-state index >= 15 is 0 Å². The van der Waals surface area contributed by atoms with Gasteiger partial charge < -0.3 is 14.8 Å². The molecule has 0 bridgehead atoms. The van der Waals surface area contributed by atoms with Crippen molar-refractivity contribution in [3.05, 3.63) is 141 Å². The molecule has 4 aromatic carbocycles. The Balaban J connectivity index is 1.46. The van der Waals surface area contributed by atoms with Gasteiger partial charge in [0.1, 0.15) is 23.3 Å². The monoisotopic (exact) mass is 661 g/mol. The highest BCUT2D eigenvalue weighted by atomic mass is 19.1. The van der Waals surface area contributed by atoms with E-state index in [1.165, 1.54) is 42.0 Å². The summed E-state index contributed by atoms with van der Waals surface area (Å²) in [6, 6.07) is 20.2. The van der Waals surface area contributed by atoms with Gasteiger partial charge in [0.05, 0.1) is 26.4 Å². The van der Waals surface area contributed by atoms with Crippen molar-refractivity contribution in [2.24, 2.45) is 0 Å². The van der Waals surface area contributed by atoms with Crippen molar-refractivity contribution < 1.29 is 27.0 Å². The molecule has 1 aliphatic rings. The number of rotatable bonds is 14. The Bertz CT molecular complexity index is 1600. The van der Waals surface area contributed by atoms with Gasteiger partial charge in [-0.3, -0.25) is 0 Å². The summed E-state index contributed by atoms with van der Waals surface area (Å²) in [4.78, 5) is 0. The van der Waals surface area contributed by atoms with E-state index in [-0.39, 0.29) is 54.9 Å². The Hall–Kier alpha value is -3.52. The maximum atomic E-state index is 14.6. The highest BCUT2D eigenvalue weighted by Gasteiger charge is 2.42. The molecule has 0 amide bonds. The molecule has 1 saturated carbocycles.